The quantitative estimate of drug-likeness (QED) is 0.859. The summed E-state index contributed by atoms with van der Waals surface area (Å²) in [6.45, 7) is 11.2. The summed E-state index contributed by atoms with van der Waals surface area (Å²) in [5, 5.41) is 4.37. The van der Waals surface area contributed by atoms with Crippen LogP contribution in [0, 0.1) is 13.8 Å². The lowest BCUT2D eigenvalue weighted by atomic mass is 9.95. The molecule has 5 heteroatoms. The number of fused-ring (bicyclic) bond motifs is 1. The Bertz CT molecular complexity index is 632. The molecule has 21 heavy (non-hydrogen) atoms. The van der Waals surface area contributed by atoms with Gasteiger partial charge in [0.2, 0.25) is 0 Å². The Balaban J connectivity index is 2.70. The van der Waals surface area contributed by atoms with Crippen LogP contribution in [0.5, 0.6) is 0 Å². The Labute approximate surface area is 131 Å². The maximum Gasteiger partial charge on any atom is 0.164 e. The molecule has 0 bridgehead atoms. The molecule has 116 valence electrons. The minimum Gasteiger partial charge on any atom is -0.372 e. The number of nitrogens with zero attached hydrogens (tertiary/aromatic N) is 2. The van der Waals surface area contributed by atoms with Gasteiger partial charge in [0.1, 0.15) is 16.2 Å². The molecule has 2 heterocycles. The van der Waals surface area contributed by atoms with Gasteiger partial charge in [-0.15, -0.1) is 11.3 Å². The maximum atomic E-state index is 6.05. The number of anilines is 1. The van der Waals surface area contributed by atoms with Crippen LogP contribution < -0.4 is 5.32 Å². The molecule has 0 aromatic carbocycles. The molecule has 0 saturated carbocycles. The molecule has 2 rings (SSSR count). The molecular formula is C16H25N3OS. The van der Waals surface area contributed by atoms with Crippen molar-refractivity contribution in [1.82, 2.24) is 9.97 Å². The van der Waals surface area contributed by atoms with Crippen LogP contribution >= 0.6 is 11.3 Å². The van der Waals surface area contributed by atoms with E-state index in [0.29, 0.717) is 6.61 Å². The van der Waals surface area contributed by atoms with Gasteiger partial charge in [-0.3, -0.25) is 0 Å². The lowest BCUT2D eigenvalue weighted by Crippen LogP contribution is -2.31. The van der Waals surface area contributed by atoms with Crippen LogP contribution in [-0.4, -0.2) is 23.6 Å². The third kappa shape index (κ3) is 2.64. The summed E-state index contributed by atoms with van der Waals surface area (Å²) in [7, 11) is 1.91. The number of hydrogen-bond acceptors (Lipinski definition) is 5. The predicted molar refractivity (Wildman–Crippen MR) is 90.3 cm³/mol. The molecule has 4 nitrogen and oxygen atoms in total. The van der Waals surface area contributed by atoms with Crippen LogP contribution in [0.1, 0.15) is 49.9 Å². The smallest absolute Gasteiger partial charge is 0.164 e. The number of aryl methyl sites for hydroxylation is 2. The van der Waals surface area contributed by atoms with E-state index in [1.54, 1.807) is 11.3 Å². The molecule has 1 N–H and O–H groups in total. The summed E-state index contributed by atoms with van der Waals surface area (Å²) in [5.74, 6) is 1.70. The van der Waals surface area contributed by atoms with E-state index in [9.17, 15) is 0 Å². The number of ether oxygens (including phenoxy) is 1. The average molecular weight is 307 g/mol. The SMILES string of the molecule is CCOC(CC)(CC)c1nc(NC)c2c(C)c(C)sc2n1. The van der Waals surface area contributed by atoms with Gasteiger partial charge in [0.05, 0.1) is 5.39 Å². The molecule has 0 spiro atoms. The second-order valence-electron chi connectivity index (χ2n) is 5.24. The number of rotatable bonds is 6. The Morgan fingerprint density at radius 3 is 2.33 bits per heavy atom. The van der Waals surface area contributed by atoms with Gasteiger partial charge in [-0.05, 0) is 39.2 Å². The van der Waals surface area contributed by atoms with E-state index >= 15 is 0 Å². The lowest BCUT2D eigenvalue weighted by molar-refractivity contribution is -0.0568. The monoisotopic (exact) mass is 307 g/mol. The summed E-state index contributed by atoms with van der Waals surface area (Å²) in [4.78, 5) is 12.0. The fraction of sp³-hybridized carbons (Fsp3) is 0.625. The van der Waals surface area contributed by atoms with Gasteiger partial charge >= 0.3 is 0 Å². The molecule has 2 aromatic heterocycles. The van der Waals surface area contributed by atoms with Crippen molar-refractivity contribution in [2.24, 2.45) is 0 Å². The topological polar surface area (TPSA) is 47.0 Å². The molecule has 0 aliphatic heterocycles. The highest BCUT2D eigenvalue weighted by molar-refractivity contribution is 7.18. The Morgan fingerprint density at radius 1 is 1.14 bits per heavy atom. The van der Waals surface area contributed by atoms with Crippen molar-refractivity contribution in [2.45, 2.75) is 53.1 Å². The minimum atomic E-state index is -0.389. The Morgan fingerprint density at radius 2 is 1.81 bits per heavy atom. The highest BCUT2D eigenvalue weighted by atomic mass is 32.1. The van der Waals surface area contributed by atoms with Gasteiger partial charge in [0.15, 0.2) is 5.82 Å². The standard InChI is InChI=1S/C16H25N3OS/c1-7-16(8-2,20-9-3)15-18-13(17-6)12-10(4)11(5)21-14(12)19-15/h7-9H2,1-6H3,(H,17,18,19). The molecule has 2 aromatic rings. The van der Waals surface area contributed by atoms with Gasteiger partial charge in [0.25, 0.3) is 0 Å². The largest absolute Gasteiger partial charge is 0.372 e. The minimum absolute atomic E-state index is 0.389. The average Bonchev–Trinajstić information content (AvgIpc) is 2.79. The van der Waals surface area contributed by atoms with Crippen molar-refractivity contribution in [2.75, 3.05) is 19.0 Å². The highest BCUT2D eigenvalue weighted by Gasteiger charge is 2.33. The molecule has 0 saturated heterocycles. The van der Waals surface area contributed by atoms with Crippen LogP contribution in [0.4, 0.5) is 5.82 Å². The molecule has 0 amide bonds. The van der Waals surface area contributed by atoms with Crippen molar-refractivity contribution < 1.29 is 4.74 Å². The van der Waals surface area contributed by atoms with Crippen LogP contribution in [-0.2, 0) is 10.3 Å². The molecule has 0 aliphatic carbocycles. The van der Waals surface area contributed by atoms with Gasteiger partial charge in [0, 0.05) is 18.5 Å². The van der Waals surface area contributed by atoms with Crippen LogP contribution in [0.25, 0.3) is 10.2 Å². The van der Waals surface area contributed by atoms with Crippen LogP contribution in [0.15, 0.2) is 0 Å². The molecule has 0 aliphatic rings. The summed E-state index contributed by atoms with van der Waals surface area (Å²) in [6, 6.07) is 0. The third-order valence-electron chi connectivity index (χ3n) is 4.24. The first-order chi connectivity index (χ1) is 10.0. The normalized spacial score (nSPS) is 12.1. The van der Waals surface area contributed by atoms with Crippen molar-refractivity contribution in [1.29, 1.82) is 0 Å². The van der Waals surface area contributed by atoms with E-state index in [4.69, 9.17) is 14.7 Å². The van der Waals surface area contributed by atoms with Gasteiger partial charge in [-0.1, -0.05) is 13.8 Å². The summed E-state index contributed by atoms with van der Waals surface area (Å²) in [5.41, 5.74) is 0.876. The van der Waals surface area contributed by atoms with E-state index < -0.39 is 0 Å². The molecule has 0 unspecified atom stereocenters. The number of nitrogens with one attached hydrogen (secondary N) is 1. The number of thiophene rings is 1. The molecule has 0 atom stereocenters. The molecule has 0 radical (unpaired) electrons. The second kappa shape index (κ2) is 6.28. The Hall–Kier alpha value is -1.20. The zero-order chi connectivity index (χ0) is 15.6. The van der Waals surface area contributed by atoms with Crippen LogP contribution in [0.3, 0.4) is 0 Å². The van der Waals surface area contributed by atoms with E-state index in [0.717, 1.165) is 34.7 Å². The zero-order valence-electron chi connectivity index (χ0n) is 13.8. The van der Waals surface area contributed by atoms with E-state index in [1.807, 2.05) is 14.0 Å². The van der Waals surface area contributed by atoms with Crippen molar-refractivity contribution in [3.63, 3.8) is 0 Å². The van der Waals surface area contributed by atoms with Gasteiger partial charge in [-0.2, -0.15) is 0 Å². The lowest BCUT2D eigenvalue weighted by Gasteiger charge is -2.30. The Kier molecular flexibility index (Phi) is 4.84. The van der Waals surface area contributed by atoms with E-state index in [-0.39, 0.29) is 5.60 Å². The number of hydrogen-bond donors (Lipinski definition) is 1. The summed E-state index contributed by atoms with van der Waals surface area (Å²) >= 11 is 1.73. The molecular weight excluding hydrogens is 282 g/mol. The fourth-order valence-corrected chi connectivity index (χ4v) is 3.77. The van der Waals surface area contributed by atoms with E-state index in [1.165, 1.54) is 10.4 Å². The van der Waals surface area contributed by atoms with E-state index in [2.05, 4.69) is 33.0 Å². The van der Waals surface area contributed by atoms with Gasteiger partial charge < -0.3 is 10.1 Å². The van der Waals surface area contributed by atoms with Gasteiger partial charge in [-0.25, -0.2) is 9.97 Å². The zero-order valence-corrected chi connectivity index (χ0v) is 14.6. The first kappa shape index (κ1) is 16.2. The fourth-order valence-electron chi connectivity index (χ4n) is 2.75. The van der Waals surface area contributed by atoms with Crippen molar-refractivity contribution in [3.05, 3.63) is 16.3 Å². The maximum absolute atomic E-state index is 6.05. The first-order valence-corrected chi connectivity index (χ1v) is 8.44. The van der Waals surface area contributed by atoms with Crippen LogP contribution in [0.2, 0.25) is 0 Å². The third-order valence-corrected chi connectivity index (χ3v) is 5.34. The highest BCUT2D eigenvalue weighted by Crippen LogP contribution is 2.37. The summed E-state index contributed by atoms with van der Waals surface area (Å²) in [6.07, 6.45) is 1.74. The number of aromatic nitrogens is 2. The predicted octanol–water partition coefficient (Wildman–Crippen LogP) is 4.40. The second-order valence-corrected chi connectivity index (χ2v) is 6.45. The molecule has 0 fully saturated rings. The van der Waals surface area contributed by atoms with Crippen molar-refractivity contribution in [3.8, 4) is 0 Å². The first-order valence-electron chi connectivity index (χ1n) is 7.62. The van der Waals surface area contributed by atoms with Crippen molar-refractivity contribution >= 4 is 27.4 Å². The summed E-state index contributed by atoms with van der Waals surface area (Å²) < 4.78 is 6.05.